The Hall–Kier alpha value is -2.75. The lowest BCUT2D eigenvalue weighted by Crippen LogP contribution is -2.25. The highest BCUT2D eigenvalue weighted by Gasteiger charge is 2.22. The SMILES string of the molecule is COCCn1c(=O)c2c(-c3noc(C(C)CO)n3)ncn2c2ccc(Cl)cc21. The van der Waals surface area contributed by atoms with Gasteiger partial charge in [0.15, 0.2) is 0 Å². The number of hydrogen-bond acceptors (Lipinski definition) is 7. The van der Waals surface area contributed by atoms with E-state index in [4.69, 9.17) is 20.9 Å². The van der Waals surface area contributed by atoms with Crippen molar-refractivity contribution in [3.63, 3.8) is 0 Å². The van der Waals surface area contributed by atoms with Crippen molar-refractivity contribution in [2.75, 3.05) is 20.3 Å². The van der Waals surface area contributed by atoms with Crippen LogP contribution in [0.3, 0.4) is 0 Å². The molecule has 0 aliphatic rings. The fourth-order valence-electron chi connectivity index (χ4n) is 3.07. The third-order valence-corrected chi connectivity index (χ3v) is 4.81. The number of rotatable bonds is 6. The number of ether oxygens (including phenoxy) is 1. The lowest BCUT2D eigenvalue weighted by Gasteiger charge is -2.12. The first kappa shape index (κ1) is 18.6. The second-order valence-corrected chi connectivity index (χ2v) is 6.87. The van der Waals surface area contributed by atoms with Crippen LogP contribution in [0.4, 0.5) is 0 Å². The van der Waals surface area contributed by atoms with Gasteiger partial charge in [-0.25, -0.2) is 4.98 Å². The third-order valence-electron chi connectivity index (χ3n) is 4.57. The summed E-state index contributed by atoms with van der Waals surface area (Å²) in [6.07, 6.45) is 1.55. The highest BCUT2D eigenvalue weighted by Crippen LogP contribution is 2.25. The van der Waals surface area contributed by atoms with Crippen LogP contribution in [0.15, 0.2) is 33.8 Å². The van der Waals surface area contributed by atoms with E-state index in [2.05, 4.69) is 15.1 Å². The molecule has 0 aliphatic heterocycles. The van der Waals surface area contributed by atoms with Crippen molar-refractivity contribution in [3.8, 4) is 11.5 Å². The van der Waals surface area contributed by atoms with Crippen molar-refractivity contribution in [3.05, 3.63) is 45.8 Å². The van der Waals surface area contributed by atoms with Gasteiger partial charge in [0.05, 0.1) is 30.2 Å². The molecule has 1 unspecified atom stereocenters. The molecular weight excluding hydrogens is 386 g/mol. The van der Waals surface area contributed by atoms with Crippen molar-refractivity contribution in [2.45, 2.75) is 19.4 Å². The molecule has 0 fully saturated rings. The molecule has 3 heterocycles. The number of aromatic nitrogens is 5. The standard InChI is InChI=1S/C18H18ClN5O4/c1-10(8-25)17-21-16(22-28-17)14-15-18(26)23(5-6-27-2)13-7-11(19)3-4-12(13)24(15)9-20-14/h3-4,7,9-10,25H,5-6,8H2,1-2H3. The van der Waals surface area contributed by atoms with Gasteiger partial charge < -0.3 is 18.9 Å². The molecule has 28 heavy (non-hydrogen) atoms. The van der Waals surface area contributed by atoms with Crippen molar-refractivity contribution >= 4 is 28.2 Å². The highest BCUT2D eigenvalue weighted by molar-refractivity contribution is 6.31. The van der Waals surface area contributed by atoms with E-state index in [1.807, 2.05) is 6.07 Å². The van der Waals surface area contributed by atoms with Crippen LogP contribution >= 0.6 is 11.6 Å². The summed E-state index contributed by atoms with van der Waals surface area (Å²) < 4.78 is 13.7. The smallest absolute Gasteiger partial charge is 0.277 e. The van der Waals surface area contributed by atoms with E-state index in [0.29, 0.717) is 34.9 Å². The third kappa shape index (κ3) is 2.97. The van der Waals surface area contributed by atoms with E-state index < -0.39 is 0 Å². The number of aliphatic hydroxyl groups is 1. The van der Waals surface area contributed by atoms with Gasteiger partial charge >= 0.3 is 0 Å². The molecule has 3 aromatic heterocycles. The Bertz CT molecular complexity index is 1210. The quantitative estimate of drug-likeness (QED) is 0.525. The van der Waals surface area contributed by atoms with E-state index >= 15 is 0 Å². The molecule has 0 spiro atoms. The maximum Gasteiger partial charge on any atom is 0.277 e. The first-order valence-electron chi connectivity index (χ1n) is 8.68. The fourth-order valence-corrected chi connectivity index (χ4v) is 3.23. The number of fused-ring (bicyclic) bond motifs is 3. The summed E-state index contributed by atoms with van der Waals surface area (Å²) in [6.45, 7) is 2.35. The Morgan fingerprint density at radius 1 is 1.36 bits per heavy atom. The Morgan fingerprint density at radius 3 is 2.93 bits per heavy atom. The van der Waals surface area contributed by atoms with Gasteiger partial charge in [0, 0.05) is 18.7 Å². The molecule has 0 bridgehead atoms. The number of hydrogen-bond donors (Lipinski definition) is 1. The molecule has 1 aromatic carbocycles. The van der Waals surface area contributed by atoms with Crippen molar-refractivity contribution in [2.24, 2.45) is 0 Å². The van der Waals surface area contributed by atoms with Gasteiger partial charge in [0.2, 0.25) is 11.7 Å². The number of nitrogens with zero attached hydrogens (tertiary/aromatic N) is 5. The second-order valence-electron chi connectivity index (χ2n) is 6.43. The largest absolute Gasteiger partial charge is 0.396 e. The summed E-state index contributed by atoms with van der Waals surface area (Å²) in [4.78, 5) is 21.9. The molecule has 4 rings (SSSR count). The normalized spacial score (nSPS) is 12.9. The zero-order valence-corrected chi connectivity index (χ0v) is 16.0. The number of aliphatic hydroxyl groups excluding tert-OH is 1. The maximum absolute atomic E-state index is 13.3. The molecule has 10 heteroatoms. The van der Waals surface area contributed by atoms with Gasteiger partial charge in [-0.15, -0.1) is 0 Å². The predicted molar refractivity (Wildman–Crippen MR) is 103 cm³/mol. The molecule has 0 saturated carbocycles. The number of benzene rings is 1. The van der Waals surface area contributed by atoms with E-state index in [1.165, 1.54) is 0 Å². The molecular formula is C18H18ClN5O4. The highest BCUT2D eigenvalue weighted by atomic mass is 35.5. The lowest BCUT2D eigenvalue weighted by molar-refractivity contribution is 0.187. The first-order chi connectivity index (χ1) is 13.5. The molecule has 1 atom stereocenters. The minimum absolute atomic E-state index is 0.124. The van der Waals surface area contributed by atoms with Crippen molar-refractivity contribution < 1.29 is 14.4 Å². The van der Waals surface area contributed by atoms with Gasteiger partial charge in [-0.05, 0) is 18.2 Å². The number of methoxy groups -OCH3 is 1. The fraction of sp³-hybridized carbons (Fsp3) is 0.333. The minimum atomic E-state index is -0.309. The summed E-state index contributed by atoms with van der Waals surface area (Å²) in [6, 6.07) is 5.32. The number of halogens is 1. The van der Waals surface area contributed by atoms with E-state index in [-0.39, 0.29) is 29.8 Å². The number of imidazole rings is 1. The van der Waals surface area contributed by atoms with Crippen molar-refractivity contribution in [1.82, 2.24) is 24.1 Å². The van der Waals surface area contributed by atoms with Gasteiger partial charge in [0.25, 0.3) is 5.56 Å². The van der Waals surface area contributed by atoms with Gasteiger partial charge in [-0.2, -0.15) is 4.98 Å². The van der Waals surface area contributed by atoms with Gasteiger partial charge in [-0.1, -0.05) is 23.7 Å². The van der Waals surface area contributed by atoms with Crippen LogP contribution in [0.25, 0.3) is 28.1 Å². The van der Waals surface area contributed by atoms with Crippen LogP contribution in [0.1, 0.15) is 18.7 Å². The molecule has 1 N–H and O–H groups in total. The van der Waals surface area contributed by atoms with E-state index in [9.17, 15) is 9.90 Å². The summed E-state index contributed by atoms with van der Waals surface area (Å²) in [5, 5.41) is 13.7. The summed E-state index contributed by atoms with van der Waals surface area (Å²) >= 11 is 6.15. The van der Waals surface area contributed by atoms with Crippen LogP contribution in [0.5, 0.6) is 0 Å². The maximum atomic E-state index is 13.3. The molecule has 0 saturated heterocycles. The Labute approximate surface area is 164 Å². The molecule has 0 amide bonds. The van der Waals surface area contributed by atoms with E-state index in [0.717, 1.165) is 5.52 Å². The molecule has 0 radical (unpaired) electrons. The Balaban J connectivity index is 1.99. The van der Waals surface area contributed by atoms with E-state index in [1.54, 1.807) is 41.5 Å². The van der Waals surface area contributed by atoms with Crippen molar-refractivity contribution in [1.29, 1.82) is 0 Å². The zero-order chi connectivity index (χ0) is 19.8. The topological polar surface area (TPSA) is 108 Å². The minimum Gasteiger partial charge on any atom is -0.396 e. The van der Waals surface area contributed by atoms with Crippen LogP contribution in [-0.4, -0.2) is 49.5 Å². The molecule has 4 aromatic rings. The lowest BCUT2D eigenvalue weighted by atomic mass is 10.2. The molecule has 9 nitrogen and oxygen atoms in total. The summed E-state index contributed by atoms with van der Waals surface area (Å²) in [5.74, 6) is 0.170. The Morgan fingerprint density at radius 2 is 2.18 bits per heavy atom. The van der Waals surface area contributed by atoms with Gasteiger partial charge in [0.1, 0.15) is 17.5 Å². The zero-order valence-electron chi connectivity index (χ0n) is 15.3. The Kier molecular flexibility index (Phi) is 4.88. The average Bonchev–Trinajstić information content (AvgIpc) is 3.34. The summed E-state index contributed by atoms with van der Waals surface area (Å²) in [7, 11) is 1.58. The van der Waals surface area contributed by atoms with Crippen LogP contribution < -0.4 is 5.56 Å². The molecule has 0 aliphatic carbocycles. The first-order valence-corrected chi connectivity index (χ1v) is 9.05. The second kappa shape index (κ2) is 7.34. The van der Waals surface area contributed by atoms with Gasteiger partial charge in [-0.3, -0.25) is 9.20 Å². The monoisotopic (exact) mass is 403 g/mol. The molecule has 146 valence electrons. The summed E-state index contributed by atoms with van der Waals surface area (Å²) in [5.41, 5.74) is 1.82. The van der Waals surface area contributed by atoms with Crippen LogP contribution in [0, 0.1) is 0 Å². The van der Waals surface area contributed by atoms with Crippen LogP contribution in [-0.2, 0) is 11.3 Å². The van der Waals surface area contributed by atoms with Crippen LogP contribution in [0.2, 0.25) is 5.02 Å². The predicted octanol–water partition coefficient (Wildman–Crippen LogP) is 2.09. The average molecular weight is 404 g/mol.